The number of allylic oxidation sites excluding steroid dienone is 6. The Morgan fingerprint density at radius 1 is 1.36 bits per heavy atom. The van der Waals surface area contributed by atoms with Crippen LogP contribution < -0.4 is 0 Å². The molecule has 0 aromatic rings. The number of hydrogen-bond donors (Lipinski definition) is 0. The standard InChI is InChI=1S/C13H21N/c1-5-12(3)9-7-8-10-13(6-2)11-14-4/h6-12H,5H2,1-4H3/b9-7-,10-8-,13-6-,14-11?. The monoisotopic (exact) mass is 191 g/mol. The van der Waals surface area contributed by atoms with E-state index in [1.165, 1.54) is 6.42 Å². The molecule has 0 rings (SSSR count). The number of aliphatic imine (C=N–C) groups is 1. The van der Waals surface area contributed by atoms with Gasteiger partial charge in [0, 0.05) is 13.3 Å². The van der Waals surface area contributed by atoms with E-state index < -0.39 is 0 Å². The average Bonchev–Trinajstić information content (AvgIpc) is 2.22. The Bertz CT molecular complexity index is 244. The van der Waals surface area contributed by atoms with Gasteiger partial charge in [-0.15, -0.1) is 0 Å². The zero-order valence-corrected chi connectivity index (χ0v) is 9.70. The molecule has 0 spiro atoms. The van der Waals surface area contributed by atoms with Crippen LogP contribution in [0.3, 0.4) is 0 Å². The summed E-state index contributed by atoms with van der Waals surface area (Å²) >= 11 is 0. The van der Waals surface area contributed by atoms with E-state index in [1.54, 1.807) is 7.05 Å². The van der Waals surface area contributed by atoms with Crippen molar-refractivity contribution in [2.45, 2.75) is 27.2 Å². The lowest BCUT2D eigenvalue weighted by Gasteiger charge is -1.96. The summed E-state index contributed by atoms with van der Waals surface area (Å²) in [6.07, 6.45) is 13.5. The fourth-order valence-electron chi connectivity index (χ4n) is 0.919. The number of hydrogen-bond acceptors (Lipinski definition) is 1. The van der Waals surface area contributed by atoms with Crippen LogP contribution in [0.2, 0.25) is 0 Å². The molecule has 0 bridgehead atoms. The Balaban J connectivity index is 4.10. The van der Waals surface area contributed by atoms with Crippen LogP contribution >= 0.6 is 0 Å². The zero-order chi connectivity index (χ0) is 10.8. The van der Waals surface area contributed by atoms with Gasteiger partial charge in [0.1, 0.15) is 0 Å². The van der Waals surface area contributed by atoms with E-state index in [2.05, 4.69) is 43.1 Å². The minimum Gasteiger partial charge on any atom is -0.296 e. The first-order valence-corrected chi connectivity index (χ1v) is 5.17. The van der Waals surface area contributed by atoms with Gasteiger partial charge in [0.2, 0.25) is 0 Å². The van der Waals surface area contributed by atoms with Gasteiger partial charge in [-0.05, 0) is 18.4 Å². The largest absolute Gasteiger partial charge is 0.296 e. The quantitative estimate of drug-likeness (QED) is 0.463. The molecule has 1 nitrogen and oxygen atoms in total. The van der Waals surface area contributed by atoms with Crippen LogP contribution in [0.5, 0.6) is 0 Å². The lowest BCUT2D eigenvalue weighted by Crippen LogP contribution is -1.83. The maximum atomic E-state index is 3.97. The first-order valence-electron chi connectivity index (χ1n) is 5.17. The van der Waals surface area contributed by atoms with E-state index in [-0.39, 0.29) is 0 Å². The molecule has 14 heavy (non-hydrogen) atoms. The van der Waals surface area contributed by atoms with E-state index >= 15 is 0 Å². The van der Waals surface area contributed by atoms with Crippen LogP contribution in [0.1, 0.15) is 27.2 Å². The predicted octanol–water partition coefficient (Wildman–Crippen LogP) is 3.79. The third kappa shape index (κ3) is 6.41. The summed E-state index contributed by atoms with van der Waals surface area (Å²) in [5.41, 5.74) is 1.14. The SMILES string of the molecule is C/C=C(C=NC)/C=C\C=C/C(C)CC. The molecule has 0 aromatic heterocycles. The highest BCUT2D eigenvalue weighted by Gasteiger charge is 1.87. The third-order valence-electron chi connectivity index (χ3n) is 2.09. The maximum absolute atomic E-state index is 3.97. The average molecular weight is 191 g/mol. The van der Waals surface area contributed by atoms with Crippen LogP contribution in [-0.4, -0.2) is 13.3 Å². The minimum atomic E-state index is 0.661. The van der Waals surface area contributed by atoms with E-state index in [0.29, 0.717) is 5.92 Å². The molecule has 0 fully saturated rings. The first kappa shape index (κ1) is 12.9. The van der Waals surface area contributed by atoms with Gasteiger partial charge in [0.15, 0.2) is 0 Å². The Hall–Kier alpha value is -1.11. The molecule has 0 radical (unpaired) electrons. The van der Waals surface area contributed by atoms with E-state index in [0.717, 1.165) is 5.57 Å². The highest BCUT2D eigenvalue weighted by molar-refractivity contribution is 5.82. The molecular formula is C13H21N. The fraction of sp³-hybridized carbons (Fsp3) is 0.462. The highest BCUT2D eigenvalue weighted by Crippen LogP contribution is 2.02. The van der Waals surface area contributed by atoms with Gasteiger partial charge in [0.25, 0.3) is 0 Å². The molecule has 0 aliphatic heterocycles. The molecule has 1 atom stereocenters. The van der Waals surface area contributed by atoms with Gasteiger partial charge >= 0.3 is 0 Å². The lowest BCUT2D eigenvalue weighted by molar-refractivity contribution is 0.698. The van der Waals surface area contributed by atoms with Crippen molar-refractivity contribution in [3.63, 3.8) is 0 Å². The molecule has 78 valence electrons. The van der Waals surface area contributed by atoms with Gasteiger partial charge in [-0.2, -0.15) is 0 Å². The van der Waals surface area contributed by atoms with E-state index in [9.17, 15) is 0 Å². The zero-order valence-electron chi connectivity index (χ0n) is 9.70. The molecule has 0 saturated heterocycles. The van der Waals surface area contributed by atoms with Crippen LogP contribution in [0.4, 0.5) is 0 Å². The van der Waals surface area contributed by atoms with Crippen molar-refractivity contribution in [2.75, 3.05) is 7.05 Å². The summed E-state index contributed by atoms with van der Waals surface area (Å²) in [6.45, 7) is 6.42. The summed E-state index contributed by atoms with van der Waals surface area (Å²) in [5, 5.41) is 0. The van der Waals surface area contributed by atoms with Gasteiger partial charge in [-0.3, -0.25) is 4.99 Å². The van der Waals surface area contributed by atoms with E-state index in [1.807, 2.05) is 19.2 Å². The second-order valence-electron chi connectivity index (χ2n) is 3.31. The Morgan fingerprint density at radius 3 is 2.57 bits per heavy atom. The highest BCUT2D eigenvalue weighted by atomic mass is 14.6. The molecular weight excluding hydrogens is 170 g/mol. The van der Waals surface area contributed by atoms with Gasteiger partial charge in [-0.1, -0.05) is 50.6 Å². The van der Waals surface area contributed by atoms with Gasteiger partial charge in [0.05, 0.1) is 0 Å². The summed E-state index contributed by atoms with van der Waals surface area (Å²) < 4.78 is 0. The summed E-state index contributed by atoms with van der Waals surface area (Å²) in [5.74, 6) is 0.661. The van der Waals surface area contributed by atoms with Gasteiger partial charge < -0.3 is 0 Å². The molecule has 0 amide bonds. The van der Waals surface area contributed by atoms with Crippen molar-refractivity contribution in [1.82, 2.24) is 0 Å². The molecule has 0 N–H and O–H groups in total. The normalized spacial score (nSPS) is 16.1. The van der Waals surface area contributed by atoms with Crippen molar-refractivity contribution in [2.24, 2.45) is 10.9 Å². The van der Waals surface area contributed by atoms with Crippen molar-refractivity contribution < 1.29 is 0 Å². The molecule has 0 aliphatic rings. The Morgan fingerprint density at radius 2 is 2.07 bits per heavy atom. The number of rotatable bonds is 5. The molecule has 1 unspecified atom stereocenters. The molecule has 0 heterocycles. The lowest BCUT2D eigenvalue weighted by atomic mass is 10.1. The van der Waals surface area contributed by atoms with Crippen LogP contribution in [0.15, 0.2) is 40.9 Å². The number of nitrogens with zero attached hydrogens (tertiary/aromatic N) is 1. The second-order valence-corrected chi connectivity index (χ2v) is 3.31. The van der Waals surface area contributed by atoms with Crippen LogP contribution in [-0.2, 0) is 0 Å². The van der Waals surface area contributed by atoms with Crippen molar-refractivity contribution in [3.8, 4) is 0 Å². The molecule has 1 heteroatoms. The van der Waals surface area contributed by atoms with Crippen LogP contribution in [0, 0.1) is 5.92 Å². The molecule has 0 saturated carbocycles. The minimum absolute atomic E-state index is 0.661. The summed E-state index contributed by atoms with van der Waals surface area (Å²) in [4.78, 5) is 3.97. The topological polar surface area (TPSA) is 12.4 Å². The van der Waals surface area contributed by atoms with Crippen molar-refractivity contribution in [3.05, 3.63) is 36.0 Å². The first-order chi connectivity index (χ1) is 6.74. The summed E-state index contributed by atoms with van der Waals surface area (Å²) in [6, 6.07) is 0. The third-order valence-corrected chi connectivity index (χ3v) is 2.09. The molecule has 0 aliphatic carbocycles. The van der Waals surface area contributed by atoms with Crippen molar-refractivity contribution in [1.29, 1.82) is 0 Å². The second kappa shape index (κ2) is 8.49. The Labute approximate surface area is 87.9 Å². The van der Waals surface area contributed by atoms with E-state index in [4.69, 9.17) is 0 Å². The maximum Gasteiger partial charge on any atom is 0.0278 e. The summed E-state index contributed by atoms with van der Waals surface area (Å²) in [7, 11) is 1.78. The predicted molar refractivity (Wildman–Crippen MR) is 65.9 cm³/mol. The van der Waals surface area contributed by atoms with Crippen LogP contribution in [0.25, 0.3) is 0 Å². The Kier molecular flexibility index (Phi) is 7.81. The van der Waals surface area contributed by atoms with Gasteiger partial charge in [-0.25, -0.2) is 0 Å². The smallest absolute Gasteiger partial charge is 0.0278 e. The fourth-order valence-corrected chi connectivity index (χ4v) is 0.919. The van der Waals surface area contributed by atoms with Crippen molar-refractivity contribution >= 4 is 6.21 Å². The molecule has 0 aromatic carbocycles.